The molecule has 1 N–H and O–H groups in total. The molecule has 4 heteroatoms. The van der Waals surface area contributed by atoms with Gasteiger partial charge in [0, 0.05) is 31.1 Å². The molecule has 0 saturated carbocycles. The maximum absolute atomic E-state index is 12.0. The molecule has 1 heterocycles. The largest absolute Gasteiger partial charge is 0.354 e. The molecule has 0 bridgehead atoms. The van der Waals surface area contributed by atoms with E-state index in [1.807, 2.05) is 32.0 Å². The van der Waals surface area contributed by atoms with Gasteiger partial charge in [0.05, 0.1) is 0 Å². The van der Waals surface area contributed by atoms with Gasteiger partial charge in [0.25, 0.3) is 0 Å². The monoisotopic (exact) mass is 260 g/mol. The second-order valence-electron chi connectivity index (χ2n) is 5.12. The lowest BCUT2D eigenvalue weighted by Gasteiger charge is -2.29. The van der Waals surface area contributed by atoms with E-state index < -0.39 is 0 Å². The van der Waals surface area contributed by atoms with Crippen molar-refractivity contribution in [2.45, 2.75) is 26.7 Å². The van der Waals surface area contributed by atoms with Gasteiger partial charge < -0.3 is 10.2 Å². The number of hydrogen-bond acceptors (Lipinski definition) is 2. The molecule has 2 amide bonds. The number of nitrogens with one attached hydrogen (secondary N) is 1. The fraction of sp³-hybridized carbons (Fsp3) is 0.467. The van der Waals surface area contributed by atoms with Crippen LogP contribution in [0.5, 0.6) is 0 Å². The Kier molecular flexibility index (Phi) is 4.20. The lowest BCUT2D eigenvalue weighted by Crippen LogP contribution is -2.41. The van der Waals surface area contributed by atoms with E-state index in [0.29, 0.717) is 19.5 Å². The number of aryl methyl sites for hydroxylation is 1. The lowest BCUT2D eigenvalue weighted by atomic mass is 10.0. The SMILES string of the molecule is CC(C)C(=O)NCCN1C(=O)CCc2ccccc21. The Morgan fingerprint density at radius 3 is 2.79 bits per heavy atom. The van der Waals surface area contributed by atoms with Crippen molar-refractivity contribution in [3.8, 4) is 0 Å². The van der Waals surface area contributed by atoms with Gasteiger partial charge in [0.15, 0.2) is 0 Å². The molecule has 0 unspecified atom stereocenters. The molecular weight excluding hydrogens is 240 g/mol. The number of carbonyl (C=O) groups is 2. The number of carbonyl (C=O) groups excluding carboxylic acids is 2. The molecule has 19 heavy (non-hydrogen) atoms. The first-order valence-corrected chi connectivity index (χ1v) is 6.75. The molecule has 0 aromatic heterocycles. The minimum atomic E-state index is -0.0238. The van der Waals surface area contributed by atoms with Gasteiger partial charge >= 0.3 is 0 Å². The summed E-state index contributed by atoms with van der Waals surface area (Å²) in [4.78, 5) is 25.3. The van der Waals surface area contributed by atoms with Crippen molar-refractivity contribution >= 4 is 17.5 Å². The average Bonchev–Trinajstić information content (AvgIpc) is 2.41. The van der Waals surface area contributed by atoms with Crippen LogP contribution in [0, 0.1) is 5.92 Å². The van der Waals surface area contributed by atoms with Crippen LogP contribution in [-0.4, -0.2) is 24.9 Å². The van der Waals surface area contributed by atoms with Crippen LogP contribution in [0.25, 0.3) is 0 Å². The van der Waals surface area contributed by atoms with Crippen LogP contribution in [0.15, 0.2) is 24.3 Å². The van der Waals surface area contributed by atoms with Gasteiger partial charge in [0.2, 0.25) is 11.8 Å². The number of para-hydroxylation sites is 1. The van der Waals surface area contributed by atoms with Crippen LogP contribution >= 0.6 is 0 Å². The third kappa shape index (κ3) is 3.13. The maximum Gasteiger partial charge on any atom is 0.227 e. The first-order chi connectivity index (χ1) is 9.09. The van der Waals surface area contributed by atoms with Crippen LogP contribution in [-0.2, 0) is 16.0 Å². The Balaban J connectivity index is 2.00. The zero-order chi connectivity index (χ0) is 13.8. The first-order valence-electron chi connectivity index (χ1n) is 6.75. The van der Waals surface area contributed by atoms with E-state index in [-0.39, 0.29) is 17.7 Å². The van der Waals surface area contributed by atoms with Gasteiger partial charge in [-0.05, 0) is 18.1 Å². The van der Waals surface area contributed by atoms with Crippen LogP contribution < -0.4 is 10.2 Å². The molecule has 0 saturated heterocycles. The molecule has 102 valence electrons. The molecule has 2 rings (SSSR count). The minimum absolute atomic E-state index is 0.0238. The van der Waals surface area contributed by atoms with E-state index in [4.69, 9.17) is 0 Å². The van der Waals surface area contributed by atoms with E-state index in [1.165, 1.54) is 5.56 Å². The maximum atomic E-state index is 12.0. The number of fused-ring (bicyclic) bond motifs is 1. The van der Waals surface area contributed by atoms with Crippen LogP contribution in [0.2, 0.25) is 0 Å². The molecule has 0 radical (unpaired) electrons. The summed E-state index contributed by atoms with van der Waals surface area (Å²) in [6.45, 7) is 4.75. The minimum Gasteiger partial charge on any atom is -0.354 e. The van der Waals surface area contributed by atoms with Crippen molar-refractivity contribution in [1.29, 1.82) is 0 Å². The van der Waals surface area contributed by atoms with Crippen molar-refractivity contribution in [1.82, 2.24) is 5.32 Å². The number of rotatable bonds is 4. The Morgan fingerprint density at radius 1 is 1.32 bits per heavy atom. The fourth-order valence-corrected chi connectivity index (χ4v) is 2.24. The van der Waals surface area contributed by atoms with Gasteiger partial charge in [-0.2, -0.15) is 0 Å². The number of anilines is 1. The second-order valence-corrected chi connectivity index (χ2v) is 5.12. The highest BCUT2D eigenvalue weighted by molar-refractivity contribution is 5.96. The summed E-state index contributed by atoms with van der Waals surface area (Å²) in [5, 5.41) is 2.85. The summed E-state index contributed by atoms with van der Waals surface area (Å²) < 4.78 is 0. The third-order valence-corrected chi connectivity index (χ3v) is 3.35. The predicted octanol–water partition coefficient (Wildman–Crippen LogP) is 1.74. The molecule has 0 fully saturated rings. The topological polar surface area (TPSA) is 49.4 Å². The zero-order valence-corrected chi connectivity index (χ0v) is 11.5. The molecule has 1 aromatic carbocycles. The number of benzene rings is 1. The Labute approximate surface area is 113 Å². The van der Waals surface area contributed by atoms with Gasteiger partial charge in [-0.3, -0.25) is 9.59 Å². The van der Waals surface area contributed by atoms with E-state index in [0.717, 1.165) is 12.1 Å². The quantitative estimate of drug-likeness (QED) is 0.896. The summed E-state index contributed by atoms with van der Waals surface area (Å²) in [5.74, 6) is 0.139. The van der Waals surface area contributed by atoms with Gasteiger partial charge in [0.1, 0.15) is 0 Å². The second kappa shape index (κ2) is 5.87. The van der Waals surface area contributed by atoms with Gasteiger partial charge in [-0.15, -0.1) is 0 Å². The van der Waals surface area contributed by atoms with Crippen molar-refractivity contribution < 1.29 is 9.59 Å². The third-order valence-electron chi connectivity index (χ3n) is 3.35. The number of nitrogens with zero attached hydrogens (tertiary/aromatic N) is 1. The summed E-state index contributed by atoms with van der Waals surface area (Å²) in [6, 6.07) is 7.96. The molecule has 0 spiro atoms. The molecule has 1 aliphatic rings. The van der Waals surface area contributed by atoms with Crippen molar-refractivity contribution in [2.24, 2.45) is 5.92 Å². The van der Waals surface area contributed by atoms with E-state index in [9.17, 15) is 9.59 Å². The highest BCUT2D eigenvalue weighted by Gasteiger charge is 2.23. The first kappa shape index (κ1) is 13.6. The molecule has 4 nitrogen and oxygen atoms in total. The van der Waals surface area contributed by atoms with Crippen LogP contribution in [0.3, 0.4) is 0 Å². The Bertz CT molecular complexity index is 483. The van der Waals surface area contributed by atoms with Crippen LogP contribution in [0.4, 0.5) is 5.69 Å². The molecule has 0 atom stereocenters. The standard InChI is InChI=1S/C15H20N2O2/c1-11(2)15(19)16-9-10-17-13-6-4-3-5-12(13)7-8-14(17)18/h3-6,11H,7-10H2,1-2H3,(H,16,19). The van der Waals surface area contributed by atoms with Gasteiger partial charge in [-0.1, -0.05) is 32.0 Å². The van der Waals surface area contributed by atoms with Crippen molar-refractivity contribution in [3.05, 3.63) is 29.8 Å². The number of amides is 2. The molecule has 0 aliphatic carbocycles. The van der Waals surface area contributed by atoms with E-state index in [1.54, 1.807) is 4.90 Å². The Morgan fingerprint density at radius 2 is 2.05 bits per heavy atom. The molecule has 1 aromatic rings. The number of hydrogen-bond donors (Lipinski definition) is 1. The van der Waals surface area contributed by atoms with Crippen molar-refractivity contribution in [3.63, 3.8) is 0 Å². The summed E-state index contributed by atoms with van der Waals surface area (Å²) in [7, 11) is 0. The summed E-state index contributed by atoms with van der Waals surface area (Å²) >= 11 is 0. The van der Waals surface area contributed by atoms with Crippen LogP contribution in [0.1, 0.15) is 25.8 Å². The molecule has 1 aliphatic heterocycles. The van der Waals surface area contributed by atoms with Crippen molar-refractivity contribution in [2.75, 3.05) is 18.0 Å². The van der Waals surface area contributed by atoms with Gasteiger partial charge in [-0.25, -0.2) is 0 Å². The summed E-state index contributed by atoms with van der Waals surface area (Å²) in [6.07, 6.45) is 1.36. The lowest BCUT2D eigenvalue weighted by molar-refractivity contribution is -0.124. The average molecular weight is 260 g/mol. The predicted molar refractivity (Wildman–Crippen MR) is 75.0 cm³/mol. The molecular formula is C15H20N2O2. The highest BCUT2D eigenvalue weighted by Crippen LogP contribution is 2.26. The highest BCUT2D eigenvalue weighted by atomic mass is 16.2. The zero-order valence-electron chi connectivity index (χ0n) is 11.5. The smallest absolute Gasteiger partial charge is 0.227 e. The normalized spacial score (nSPS) is 14.5. The fourth-order valence-electron chi connectivity index (χ4n) is 2.24. The van der Waals surface area contributed by atoms with E-state index >= 15 is 0 Å². The summed E-state index contributed by atoms with van der Waals surface area (Å²) in [5.41, 5.74) is 2.19. The van der Waals surface area contributed by atoms with E-state index in [2.05, 4.69) is 11.4 Å². The Hall–Kier alpha value is -1.84.